The van der Waals surface area contributed by atoms with Gasteiger partial charge in [-0.3, -0.25) is 4.79 Å². The van der Waals surface area contributed by atoms with Crippen LogP contribution in [0.2, 0.25) is 0 Å². The number of benzene rings is 3. The Morgan fingerprint density at radius 3 is 1.57 bits per heavy atom. The van der Waals surface area contributed by atoms with Gasteiger partial charge in [-0.2, -0.15) is 39.5 Å². The molecule has 0 aliphatic carbocycles. The van der Waals surface area contributed by atoms with Gasteiger partial charge in [0.2, 0.25) is 5.43 Å². The Morgan fingerprint density at radius 1 is 0.762 bits per heavy atom. The summed E-state index contributed by atoms with van der Waals surface area (Å²) in [5, 5.41) is 43.2. The summed E-state index contributed by atoms with van der Waals surface area (Å²) in [6.07, 6.45) is -14.2. The molecule has 2 heterocycles. The maximum absolute atomic E-state index is 14.0. The molecule has 0 spiro atoms. The Morgan fingerprint density at radius 2 is 1.19 bits per heavy atom. The van der Waals surface area contributed by atoms with Gasteiger partial charge in [-0.25, -0.2) is 24.2 Å². The Balaban J connectivity index is 0.000000536. The van der Waals surface area contributed by atoms with Crippen LogP contribution in [0, 0.1) is 6.92 Å². The number of fused-ring (bicyclic) bond motifs is 1. The molecule has 0 saturated heterocycles. The van der Waals surface area contributed by atoms with E-state index >= 15 is 0 Å². The minimum absolute atomic E-state index is 0.121. The molecule has 0 amide bonds. The highest BCUT2D eigenvalue weighted by Gasteiger charge is 2.39. The number of carboxylic acids is 3. The lowest BCUT2D eigenvalue weighted by atomic mass is 9.99. The first-order chi connectivity index (χ1) is 29.0. The van der Waals surface area contributed by atoms with Crippen LogP contribution < -0.4 is 21.6 Å². The van der Waals surface area contributed by atoms with Crippen molar-refractivity contribution in [3.8, 4) is 27.8 Å². The molecule has 0 radical (unpaired) electrons. The first-order valence-corrected chi connectivity index (χ1v) is 18.1. The molecule has 3 aromatic carbocycles. The third-order valence-electron chi connectivity index (χ3n) is 7.68. The second-order valence-corrected chi connectivity index (χ2v) is 13.4. The molecule has 63 heavy (non-hydrogen) atoms. The van der Waals surface area contributed by atoms with E-state index in [0.717, 1.165) is 16.8 Å². The second-order valence-electron chi connectivity index (χ2n) is 12.6. The maximum Gasteiger partial charge on any atom is 0.490 e. The second kappa shape index (κ2) is 21.9. The molecule has 15 nitrogen and oxygen atoms in total. The molecule has 25 heteroatoms. The van der Waals surface area contributed by atoms with E-state index in [-0.39, 0.29) is 40.4 Å². The number of rotatable bonds is 9. The zero-order valence-electron chi connectivity index (χ0n) is 32.1. The Kier molecular flexibility index (Phi) is 18.2. The number of nitrogens with zero attached hydrogens (tertiary/aromatic N) is 1. The summed E-state index contributed by atoms with van der Waals surface area (Å²) in [7, 11) is 0. The highest BCUT2D eigenvalue weighted by molar-refractivity contribution is 7.13. The fourth-order valence-electron chi connectivity index (χ4n) is 4.72. The summed E-state index contributed by atoms with van der Waals surface area (Å²) in [5.74, 6) is -8.14. The zero-order valence-corrected chi connectivity index (χ0v) is 32.9. The number of phenolic OH excluding ortho intramolecular Hbond substituents is 2. The van der Waals surface area contributed by atoms with E-state index < -0.39 is 54.5 Å². The average Bonchev–Trinajstić information content (AvgIpc) is 3.61. The number of hydrogen-bond acceptors (Lipinski definition) is 13. The quantitative estimate of drug-likeness (QED) is 0.0454. The number of aryl methyl sites for hydroxylation is 2. The number of phenols is 2. The van der Waals surface area contributed by atoms with Crippen molar-refractivity contribution in [3.05, 3.63) is 104 Å². The fraction of sp³-hybridized carbons (Fsp3) is 0.263. The Labute approximate surface area is 351 Å². The van der Waals surface area contributed by atoms with E-state index in [1.54, 1.807) is 42.5 Å². The molecular formula is C38H34F9N3O12S. The smallest absolute Gasteiger partial charge is 0.490 e. The number of carbonyl (C=O) groups excluding carboxylic acids is 1. The van der Waals surface area contributed by atoms with Crippen LogP contribution in [0.25, 0.3) is 21.5 Å². The lowest BCUT2D eigenvalue weighted by Crippen LogP contribution is -2.36. The summed E-state index contributed by atoms with van der Waals surface area (Å²) in [6.45, 7) is 3.74. The monoisotopic (exact) mass is 927 g/mol. The van der Waals surface area contributed by atoms with Gasteiger partial charge in [-0.1, -0.05) is 31.2 Å². The van der Waals surface area contributed by atoms with Gasteiger partial charge in [0, 0.05) is 17.1 Å². The highest BCUT2D eigenvalue weighted by Crippen LogP contribution is 2.34. The van der Waals surface area contributed by atoms with Crippen molar-refractivity contribution in [1.29, 1.82) is 0 Å². The van der Waals surface area contributed by atoms with Crippen LogP contribution in [-0.2, 0) is 38.4 Å². The number of aromatic hydroxyl groups is 2. The maximum atomic E-state index is 14.0. The molecule has 0 bridgehead atoms. The van der Waals surface area contributed by atoms with E-state index in [1.807, 2.05) is 19.2 Å². The number of hydrogen-bond donors (Lipinski definition) is 7. The Hall–Kier alpha value is -6.73. The zero-order chi connectivity index (χ0) is 48.2. The Bertz CT molecular complexity index is 2380. The van der Waals surface area contributed by atoms with Gasteiger partial charge in [-0.05, 0) is 73.2 Å². The molecular weight excluding hydrogens is 893 g/mol. The summed E-state index contributed by atoms with van der Waals surface area (Å²) < 4.78 is 107. The van der Waals surface area contributed by atoms with Crippen LogP contribution in [0.5, 0.6) is 17.2 Å². The topological polar surface area (TPSA) is 274 Å². The van der Waals surface area contributed by atoms with Gasteiger partial charge in [0.25, 0.3) is 0 Å². The van der Waals surface area contributed by atoms with Crippen molar-refractivity contribution in [2.24, 2.45) is 11.5 Å². The van der Waals surface area contributed by atoms with Gasteiger partial charge < -0.3 is 46.2 Å². The average molecular weight is 928 g/mol. The largest absolute Gasteiger partial charge is 0.508 e. The number of aliphatic carboxylic acids is 3. The number of ether oxygens (including phenoxy) is 1. The number of nitrogens with two attached hydrogens (primary N) is 2. The van der Waals surface area contributed by atoms with Crippen LogP contribution >= 0.6 is 11.3 Å². The van der Waals surface area contributed by atoms with Crippen LogP contribution in [0.15, 0.2) is 75.3 Å². The summed E-state index contributed by atoms with van der Waals surface area (Å²) in [4.78, 5) is 58.2. The third-order valence-corrected chi connectivity index (χ3v) is 8.65. The van der Waals surface area contributed by atoms with Gasteiger partial charge in [0.1, 0.15) is 39.6 Å². The van der Waals surface area contributed by atoms with Gasteiger partial charge >= 0.3 is 42.4 Å². The van der Waals surface area contributed by atoms with Crippen molar-refractivity contribution in [3.63, 3.8) is 0 Å². The van der Waals surface area contributed by atoms with Crippen molar-refractivity contribution in [2.45, 2.75) is 63.7 Å². The molecule has 0 aliphatic rings. The van der Waals surface area contributed by atoms with E-state index in [4.69, 9.17) is 50.3 Å². The number of aromatic nitrogens is 1. The minimum Gasteiger partial charge on any atom is -0.508 e. The van der Waals surface area contributed by atoms with Crippen molar-refractivity contribution in [1.82, 2.24) is 4.98 Å². The van der Waals surface area contributed by atoms with Gasteiger partial charge in [0.05, 0.1) is 17.0 Å². The minimum atomic E-state index is -5.08. The molecule has 0 unspecified atom stereocenters. The molecule has 2 atom stereocenters. The van der Waals surface area contributed by atoms with E-state index in [2.05, 4.69) is 4.98 Å². The predicted octanol–water partition coefficient (Wildman–Crippen LogP) is 6.82. The third kappa shape index (κ3) is 16.2. The highest BCUT2D eigenvalue weighted by atomic mass is 32.1. The molecule has 5 rings (SSSR count). The first-order valence-electron chi connectivity index (χ1n) is 17.2. The van der Waals surface area contributed by atoms with Crippen LogP contribution in [0.4, 0.5) is 39.5 Å². The summed E-state index contributed by atoms with van der Waals surface area (Å²) in [5.41, 5.74) is 16.1. The molecule has 9 N–H and O–H groups in total. The lowest BCUT2D eigenvalue weighted by Gasteiger charge is -2.17. The van der Waals surface area contributed by atoms with Gasteiger partial charge in [-0.15, -0.1) is 11.3 Å². The van der Waals surface area contributed by atoms with Crippen LogP contribution in [0.1, 0.15) is 41.1 Å². The first kappa shape index (κ1) is 52.4. The van der Waals surface area contributed by atoms with E-state index in [9.17, 15) is 59.3 Å². The van der Waals surface area contributed by atoms with Crippen LogP contribution in [-0.4, -0.2) is 79.0 Å². The number of esters is 1. The standard InChI is InChI=1S/C32H31N3O6S.3C2HF3O2/c1-3-20-14-23-27(15-26(20)41-32(39)25(34)13-19-6-10-22(37)11-7-19)40-30(24(33)12-18-4-8-21(36)9-5-18)28(29(23)38)31-35-17(2)16-42-31;3*3-2(4,5)1(6)7/h4-11,14-16,24-25,36-37H,3,12-13,33-34H2,1-2H3;3*(H,6,7)/t24-,25-;;;/m1.../s1. The summed E-state index contributed by atoms with van der Waals surface area (Å²) in [6, 6.07) is 14.6. The number of carbonyl (C=O) groups is 4. The van der Waals surface area contributed by atoms with Crippen molar-refractivity contribution in [2.75, 3.05) is 0 Å². The molecule has 342 valence electrons. The lowest BCUT2D eigenvalue weighted by molar-refractivity contribution is -0.193. The molecule has 2 aromatic heterocycles. The van der Waals surface area contributed by atoms with Gasteiger partial charge in [0.15, 0.2) is 0 Å². The van der Waals surface area contributed by atoms with Crippen molar-refractivity contribution < 1.29 is 93.4 Å². The normalized spacial score (nSPS) is 12.3. The fourth-order valence-corrected chi connectivity index (χ4v) is 5.56. The predicted molar refractivity (Wildman–Crippen MR) is 203 cm³/mol. The van der Waals surface area contributed by atoms with E-state index in [0.29, 0.717) is 34.4 Å². The van der Waals surface area contributed by atoms with Crippen LogP contribution in [0.3, 0.4) is 0 Å². The number of halogens is 9. The molecule has 5 aromatic rings. The number of carboxylic acid groups (broad SMARTS) is 3. The number of thiazole rings is 1. The molecule has 0 saturated carbocycles. The molecule has 0 aliphatic heterocycles. The van der Waals surface area contributed by atoms with Crippen molar-refractivity contribution >= 4 is 46.2 Å². The molecule has 0 fully saturated rings. The summed E-state index contributed by atoms with van der Waals surface area (Å²) >= 11 is 1.33. The van der Waals surface area contributed by atoms with E-state index in [1.165, 1.54) is 29.5 Å². The SMILES string of the molecule is CCc1cc2c(=O)c(-c3nc(C)cs3)c([C@H](N)Cc3ccc(O)cc3)oc2cc1OC(=O)[C@H](N)Cc1ccc(O)cc1.O=C(O)C(F)(F)F.O=C(O)C(F)(F)F.O=C(O)C(F)(F)F. The number of alkyl halides is 9.